The predicted molar refractivity (Wildman–Crippen MR) is 84.6 cm³/mol. The molecule has 104 valence electrons. The molecule has 0 aliphatic heterocycles. The van der Waals surface area contributed by atoms with E-state index in [9.17, 15) is 0 Å². The van der Waals surface area contributed by atoms with E-state index < -0.39 is 0 Å². The Morgan fingerprint density at radius 2 is 2.25 bits per heavy atom. The van der Waals surface area contributed by atoms with Crippen molar-refractivity contribution in [2.45, 2.75) is 32.2 Å². The largest absolute Gasteiger partial charge is 0.326 e. The lowest BCUT2D eigenvalue weighted by molar-refractivity contribution is 0.661. The second-order valence-electron chi connectivity index (χ2n) is 4.91. The molecule has 2 aromatic heterocycles. The number of para-hydroxylation sites is 1. The minimum atomic E-state index is -0.0998. The monoisotopic (exact) mass is 305 g/mol. The predicted octanol–water partition coefficient (Wildman–Crippen LogP) is 4.34. The number of aromatic nitrogens is 3. The normalized spacial score (nSPS) is 12.9. The lowest BCUT2D eigenvalue weighted by atomic mass is 10.2. The van der Waals surface area contributed by atoms with E-state index >= 15 is 0 Å². The highest BCUT2D eigenvalue weighted by Crippen LogP contribution is 2.26. The van der Waals surface area contributed by atoms with Crippen LogP contribution in [0.25, 0.3) is 11.0 Å². The highest BCUT2D eigenvalue weighted by molar-refractivity contribution is 7.07. The Labute approximate surface area is 127 Å². The van der Waals surface area contributed by atoms with Gasteiger partial charge in [-0.3, -0.25) is 0 Å². The second-order valence-corrected chi connectivity index (χ2v) is 6.28. The average molecular weight is 306 g/mol. The molecule has 0 radical (unpaired) electrons. The van der Waals surface area contributed by atoms with Gasteiger partial charge in [0.1, 0.15) is 5.82 Å². The Balaban J connectivity index is 2.04. The van der Waals surface area contributed by atoms with Gasteiger partial charge in [0, 0.05) is 18.3 Å². The third-order valence-electron chi connectivity index (χ3n) is 3.43. The summed E-state index contributed by atoms with van der Waals surface area (Å²) in [7, 11) is 0. The molecule has 0 aliphatic carbocycles. The maximum atomic E-state index is 6.30. The molecule has 0 spiro atoms. The summed E-state index contributed by atoms with van der Waals surface area (Å²) in [5, 5.41) is 1.99. The first-order chi connectivity index (χ1) is 9.66. The molecule has 0 N–H and O–H groups in total. The van der Waals surface area contributed by atoms with Crippen molar-refractivity contribution in [3.63, 3.8) is 0 Å². The third kappa shape index (κ3) is 2.45. The Kier molecular flexibility index (Phi) is 3.76. The van der Waals surface area contributed by atoms with Crippen LogP contribution in [0.3, 0.4) is 0 Å². The first-order valence-electron chi connectivity index (χ1n) is 6.63. The van der Waals surface area contributed by atoms with E-state index in [0.29, 0.717) is 0 Å². The van der Waals surface area contributed by atoms with Crippen molar-refractivity contribution in [3.8, 4) is 0 Å². The first-order valence-corrected chi connectivity index (χ1v) is 8.01. The van der Waals surface area contributed by atoms with E-state index in [2.05, 4.69) is 32.9 Å². The van der Waals surface area contributed by atoms with E-state index in [1.54, 1.807) is 11.3 Å². The Morgan fingerprint density at radius 1 is 1.40 bits per heavy atom. The van der Waals surface area contributed by atoms with Gasteiger partial charge in [-0.15, -0.1) is 22.9 Å². The van der Waals surface area contributed by atoms with Gasteiger partial charge in [-0.2, -0.15) is 0 Å². The summed E-state index contributed by atoms with van der Waals surface area (Å²) in [5.74, 6) is 0.936. The van der Waals surface area contributed by atoms with Crippen LogP contribution in [-0.2, 0) is 13.0 Å². The summed E-state index contributed by atoms with van der Waals surface area (Å²) in [6, 6.07) is 6.20. The highest BCUT2D eigenvalue weighted by atomic mass is 35.5. The Bertz CT molecular complexity index is 716. The molecule has 0 saturated heterocycles. The number of fused-ring (bicyclic) bond motifs is 1. The molecule has 3 aromatic rings. The van der Waals surface area contributed by atoms with Crippen molar-refractivity contribution >= 4 is 34.0 Å². The molecule has 1 unspecified atom stereocenters. The van der Waals surface area contributed by atoms with Crippen LogP contribution in [0.5, 0.6) is 0 Å². The van der Waals surface area contributed by atoms with E-state index in [0.717, 1.165) is 30.0 Å². The molecule has 0 aliphatic rings. The number of aryl methyl sites for hydroxylation is 3. The molecule has 20 heavy (non-hydrogen) atoms. The summed E-state index contributed by atoms with van der Waals surface area (Å²) in [4.78, 5) is 9.03. The standard InChI is InChI=1S/C15H16ClN3S/c1-10-4-3-5-13-14(10)19(15(18-13)11(2)16)7-6-12-8-20-9-17-12/h3-5,8-9,11H,6-7H2,1-2H3. The van der Waals surface area contributed by atoms with Crippen LogP contribution in [-0.4, -0.2) is 14.5 Å². The first kappa shape index (κ1) is 13.6. The average Bonchev–Trinajstić information content (AvgIpc) is 3.03. The number of hydrogen-bond acceptors (Lipinski definition) is 3. The van der Waals surface area contributed by atoms with Crippen LogP contribution < -0.4 is 0 Å². The lowest BCUT2D eigenvalue weighted by Gasteiger charge is -2.10. The fraction of sp³-hybridized carbons (Fsp3) is 0.333. The minimum absolute atomic E-state index is 0.0998. The zero-order valence-corrected chi connectivity index (χ0v) is 13.1. The number of hydrogen-bond donors (Lipinski definition) is 0. The summed E-state index contributed by atoms with van der Waals surface area (Å²) in [6.07, 6.45) is 0.903. The van der Waals surface area contributed by atoms with Crippen LogP contribution in [0.1, 0.15) is 29.4 Å². The molecule has 0 fully saturated rings. The van der Waals surface area contributed by atoms with E-state index in [1.807, 2.05) is 24.6 Å². The van der Waals surface area contributed by atoms with E-state index in [-0.39, 0.29) is 5.38 Å². The van der Waals surface area contributed by atoms with Crippen molar-refractivity contribution < 1.29 is 0 Å². The number of benzene rings is 1. The van der Waals surface area contributed by atoms with Crippen molar-refractivity contribution in [1.29, 1.82) is 0 Å². The van der Waals surface area contributed by atoms with Gasteiger partial charge >= 0.3 is 0 Å². The summed E-state index contributed by atoms with van der Waals surface area (Å²) < 4.78 is 2.24. The quantitative estimate of drug-likeness (QED) is 0.671. The maximum absolute atomic E-state index is 6.30. The number of alkyl halides is 1. The minimum Gasteiger partial charge on any atom is -0.326 e. The van der Waals surface area contributed by atoms with Gasteiger partial charge < -0.3 is 4.57 Å². The lowest BCUT2D eigenvalue weighted by Crippen LogP contribution is -2.07. The maximum Gasteiger partial charge on any atom is 0.127 e. The molecule has 3 nitrogen and oxygen atoms in total. The Morgan fingerprint density at radius 3 is 2.95 bits per heavy atom. The SMILES string of the molecule is Cc1cccc2nc(C(C)Cl)n(CCc3cscn3)c12. The zero-order chi connectivity index (χ0) is 14.1. The van der Waals surface area contributed by atoms with Crippen molar-refractivity contribution in [2.75, 3.05) is 0 Å². The van der Waals surface area contributed by atoms with E-state index in [1.165, 1.54) is 11.1 Å². The van der Waals surface area contributed by atoms with Gasteiger partial charge in [0.25, 0.3) is 0 Å². The zero-order valence-electron chi connectivity index (χ0n) is 11.5. The number of imidazole rings is 1. The fourth-order valence-corrected chi connectivity index (χ4v) is 3.26. The number of halogens is 1. The number of rotatable bonds is 4. The van der Waals surface area contributed by atoms with Crippen molar-refractivity contribution in [2.24, 2.45) is 0 Å². The summed E-state index contributed by atoms with van der Waals surface area (Å²) >= 11 is 7.93. The molecule has 1 aromatic carbocycles. The fourth-order valence-electron chi connectivity index (χ4n) is 2.50. The van der Waals surface area contributed by atoms with Crippen LogP contribution in [0.15, 0.2) is 29.1 Å². The number of nitrogens with zero attached hydrogens (tertiary/aromatic N) is 3. The highest BCUT2D eigenvalue weighted by Gasteiger charge is 2.16. The van der Waals surface area contributed by atoms with Gasteiger partial charge in [-0.05, 0) is 25.5 Å². The molecular weight excluding hydrogens is 290 g/mol. The summed E-state index contributed by atoms with van der Waals surface area (Å²) in [6.45, 7) is 4.95. The van der Waals surface area contributed by atoms with Crippen LogP contribution in [0.2, 0.25) is 0 Å². The second kappa shape index (κ2) is 5.54. The van der Waals surface area contributed by atoms with Crippen molar-refractivity contribution in [1.82, 2.24) is 14.5 Å². The topological polar surface area (TPSA) is 30.7 Å². The van der Waals surface area contributed by atoms with Gasteiger partial charge in [0.05, 0.1) is 27.6 Å². The van der Waals surface area contributed by atoms with E-state index in [4.69, 9.17) is 11.6 Å². The number of thiazole rings is 1. The third-order valence-corrected chi connectivity index (χ3v) is 4.26. The molecular formula is C15H16ClN3S. The molecule has 3 rings (SSSR count). The molecule has 5 heteroatoms. The molecule has 0 amide bonds. The molecule has 1 atom stereocenters. The smallest absolute Gasteiger partial charge is 0.127 e. The molecule has 0 saturated carbocycles. The van der Waals surface area contributed by atoms with Gasteiger partial charge in [0.2, 0.25) is 0 Å². The van der Waals surface area contributed by atoms with Gasteiger partial charge in [-0.25, -0.2) is 9.97 Å². The molecule has 0 bridgehead atoms. The van der Waals surface area contributed by atoms with Gasteiger partial charge in [-0.1, -0.05) is 12.1 Å². The van der Waals surface area contributed by atoms with Gasteiger partial charge in [0.15, 0.2) is 0 Å². The van der Waals surface area contributed by atoms with Crippen LogP contribution in [0, 0.1) is 6.92 Å². The summed E-state index contributed by atoms with van der Waals surface area (Å²) in [5.41, 5.74) is 6.43. The molecule has 2 heterocycles. The van der Waals surface area contributed by atoms with Crippen molar-refractivity contribution in [3.05, 3.63) is 46.2 Å². The van der Waals surface area contributed by atoms with Crippen LogP contribution >= 0.6 is 22.9 Å². The Hall–Kier alpha value is -1.39. The van der Waals surface area contributed by atoms with Crippen LogP contribution in [0.4, 0.5) is 0 Å².